The molecule has 2 N–H and O–H groups in total. The summed E-state index contributed by atoms with van der Waals surface area (Å²) in [7, 11) is 1.47. The number of nitrogens with zero attached hydrogens (tertiary/aromatic N) is 3. The van der Waals surface area contributed by atoms with Crippen LogP contribution in [-0.4, -0.2) is 74.3 Å². The lowest BCUT2D eigenvalue weighted by molar-refractivity contribution is -0.384. The van der Waals surface area contributed by atoms with Gasteiger partial charge in [0.25, 0.3) is 5.69 Å². The van der Waals surface area contributed by atoms with E-state index in [4.69, 9.17) is 0 Å². The zero-order valence-corrected chi connectivity index (χ0v) is 14.8. The van der Waals surface area contributed by atoms with Gasteiger partial charge in [0.2, 0.25) is 5.91 Å². The summed E-state index contributed by atoms with van der Waals surface area (Å²) >= 11 is 0. The molecule has 1 unspecified atom stereocenters. The number of para-hydroxylation sites is 2. The van der Waals surface area contributed by atoms with Gasteiger partial charge in [0, 0.05) is 45.8 Å². The monoisotopic (exact) mass is 389 g/mol. The van der Waals surface area contributed by atoms with Crippen LogP contribution in [0.5, 0.6) is 0 Å². The number of alkyl halides is 3. The summed E-state index contributed by atoms with van der Waals surface area (Å²) in [6.07, 6.45) is -4.46. The third-order valence-electron chi connectivity index (χ3n) is 4.33. The number of hydrogen-bond donors (Lipinski definition) is 2. The van der Waals surface area contributed by atoms with Crippen molar-refractivity contribution in [3.8, 4) is 0 Å². The Labute approximate surface area is 154 Å². The molecule has 1 aliphatic heterocycles. The van der Waals surface area contributed by atoms with E-state index in [0.717, 1.165) is 0 Å². The number of amides is 1. The summed E-state index contributed by atoms with van der Waals surface area (Å²) in [5.41, 5.74) is 0.0360. The number of carbonyl (C=O) groups excluding carboxylic acids is 1. The van der Waals surface area contributed by atoms with Crippen LogP contribution >= 0.6 is 0 Å². The van der Waals surface area contributed by atoms with Crippen LogP contribution in [0.1, 0.15) is 0 Å². The first-order chi connectivity index (χ1) is 12.7. The lowest BCUT2D eigenvalue weighted by atomic mass is 10.2. The predicted octanol–water partition coefficient (Wildman–Crippen LogP) is 0.983. The molecular weight excluding hydrogens is 367 g/mol. The summed E-state index contributed by atoms with van der Waals surface area (Å²) in [5, 5.41) is 16.3. The molecule has 2 rings (SSSR count). The highest BCUT2D eigenvalue weighted by Crippen LogP contribution is 2.27. The average molecular weight is 389 g/mol. The molecule has 1 amide bonds. The minimum atomic E-state index is -4.46. The van der Waals surface area contributed by atoms with Gasteiger partial charge in [-0.2, -0.15) is 13.2 Å². The van der Waals surface area contributed by atoms with Crippen LogP contribution in [0.25, 0.3) is 0 Å². The van der Waals surface area contributed by atoms with Crippen LogP contribution in [0.15, 0.2) is 24.3 Å². The number of nitro benzene ring substituents is 1. The van der Waals surface area contributed by atoms with Gasteiger partial charge in [-0.15, -0.1) is 0 Å². The maximum Gasteiger partial charge on any atom is 0.405 e. The van der Waals surface area contributed by atoms with Gasteiger partial charge in [-0.05, 0) is 6.07 Å². The number of halogens is 3. The first-order valence-electron chi connectivity index (χ1n) is 8.43. The number of benzene rings is 1. The highest BCUT2D eigenvalue weighted by Gasteiger charge is 2.43. The Kier molecular flexibility index (Phi) is 6.97. The molecule has 0 aliphatic carbocycles. The molecule has 1 heterocycles. The van der Waals surface area contributed by atoms with Gasteiger partial charge in [-0.25, -0.2) is 0 Å². The highest BCUT2D eigenvalue weighted by atomic mass is 19.4. The van der Waals surface area contributed by atoms with Gasteiger partial charge in [0.15, 0.2) is 0 Å². The second-order valence-corrected chi connectivity index (χ2v) is 6.25. The molecule has 1 atom stereocenters. The van der Waals surface area contributed by atoms with Crippen molar-refractivity contribution in [1.82, 2.24) is 15.5 Å². The van der Waals surface area contributed by atoms with Crippen molar-refractivity contribution in [3.05, 3.63) is 34.4 Å². The molecule has 0 aromatic heterocycles. The maximum atomic E-state index is 13.3. The van der Waals surface area contributed by atoms with Gasteiger partial charge < -0.3 is 15.5 Å². The molecular formula is C16H22F3N5O3. The molecule has 1 saturated heterocycles. The third-order valence-corrected chi connectivity index (χ3v) is 4.33. The summed E-state index contributed by atoms with van der Waals surface area (Å²) < 4.78 is 40.0. The number of carbonyl (C=O) groups is 1. The van der Waals surface area contributed by atoms with Crippen LogP contribution in [-0.2, 0) is 4.79 Å². The fourth-order valence-electron chi connectivity index (χ4n) is 2.95. The molecule has 1 aromatic carbocycles. The van der Waals surface area contributed by atoms with Crippen molar-refractivity contribution in [3.63, 3.8) is 0 Å². The molecule has 8 nitrogen and oxygen atoms in total. The maximum absolute atomic E-state index is 13.3. The Morgan fingerprint density at radius 3 is 2.59 bits per heavy atom. The van der Waals surface area contributed by atoms with Crippen LogP contribution < -0.4 is 15.5 Å². The van der Waals surface area contributed by atoms with Gasteiger partial charge in [-0.1, -0.05) is 12.1 Å². The second kappa shape index (κ2) is 9.00. The van der Waals surface area contributed by atoms with Crippen LogP contribution in [0, 0.1) is 10.1 Å². The van der Waals surface area contributed by atoms with Gasteiger partial charge in [0.05, 0.1) is 11.5 Å². The molecule has 11 heteroatoms. The van der Waals surface area contributed by atoms with Crippen molar-refractivity contribution in [2.24, 2.45) is 0 Å². The number of nitrogens with one attached hydrogen (secondary N) is 2. The van der Waals surface area contributed by atoms with E-state index in [1.807, 2.05) is 0 Å². The van der Waals surface area contributed by atoms with Crippen LogP contribution in [0.3, 0.4) is 0 Å². The van der Waals surface area contributed by atoms with Gasteiger partial charge in [0.1, 0.15) is 11.7 Å². The fraction of sp³-hybridized carbons (Fsp3) is 0.562. The van der Waals surface area contributed by atoms with E-state index in [0.29, 0.717) is 13.1 Å². The van der Waals surface area contributed by atoms with Crippen molar-refractivity contribution < 1.29 is 22.9 Å². The first kappa shape index (κ1) is 20.9. The van der Waals surface area contributed by atoms with E-state index in [1.54, 1.807) is 6.07 Å². The summed E-state index contributed by atoms with van der Waals surface area (Å²) in [5.74, 6) is -0.639. The van der Waals surface area contributed by atoms with Crippen molar-refractivity contribution >= 4 is 17.3 Å². The fourth-order valence-corrected chi connectivity index (χ4v) is 2.95. The number of hydrogen-bond acceptors (Lipinski definition) is 6. The van der Waals surface area contributed by atoms with Gasteiger partial charge in [-0.3, -0.25) is 19.8 Å². The Morgan fingerprint density at radius 1 is 1.37 bits per heavy atom. The van der Waals surface area contributed by atoms with Gasteiger partial charge >= 0.3 is 6.18 Å². The molecule has 0 bridgehead atoms. The molecule has 27 heavy (non-hydrogen) atoms. The Bertz CT molecular complexity index is 665. The summed E-state index contributed by atoms with van der Waals surface area (Å²) in [4.78, 5) is 25.2. The van der Waals surface area contributed by atoms with E-state index in [2.05, 4.69) is 10.6 Å². The van der Waals surface area contributed by atoms with E-state index < -0.39 is 29.6 Å². The highest BCUT2D eigenvalue weighted by molar-refractivity contribution is 5.82. The lowest BCUT2D eigenvalue weighted by Gasteiger charge is -2.36. The van der Waals surface area contributed by atoms with E-state index in [-0.39, 0.29) is 31.0 Å². The number of rotatable bonds is 7. The van der Waals surface area contributed by atoms with E-state index in [9.17, 15) is 28.1 Å². The second-order valence-electron chi connectivity index (χ2n) is 6.25. The topological polar surface area (TPSA) is 90.8 Å². The van der Waals surface area contributed by atoms with Crippen LogP contribution in [0.4, 0.5) is 24.5 Å². The predicted molar refractivity (Wildman–Crippen MR) is 93.7 cm³/mol. The standard InChI is InChI=1S/C16H22F3N5O3/c1-22(12-4-2-3-5-13(12)24(26)27)11-15(25)21-10-14(16(17,18)19)23-8-6-20-7-9-23/h2-5,14,20H,6-11H2,1H3,(H,21,25). The average Bonchev–Trinajstić information content (AvgIpc) is 2.61. The normalized spacial score (nSPS) is 16.6. The third kappa shape index (κ3) is 5.79. The zero-order chi connectivity index (χ0) is 20.0. The first-order valence-corrected chi connectivity index (χ1v) is 8.43. The summed E-state index contributed by atoms with van der Waals surface area (Å²) in [6, 6.07) is 4.09. The minimum Gasteiger partial charge on any atom is -0.360 e. The minimum absolute atomic E-state index is 0.179. The molecule has 0 spiro atoms. The van der Waals surface area contributed by atoms with Crippen molar-refractivity contribution in [1.29, 1.82) is 0 Å². The summed E-state index contributed by atoms with van der Waals surface area (Å²) in [6.45, 7) is 0.554. The Balaban J connectivity index is 1.96. The quantitative estimate of drug-likeness (QED) is 0.534. The Hall–Kier alpha value is -2.40. The number of piperazine rings is 1. The molecule has 0 saturated carbocycles. The molecule has 1 aromatic rings. The van der Waals surface area contributed by atoms with Crippen molar-refractivity contribution in [2.75, 3.05) is 51.2 Å². The zero-order valence-electron chi connectivity index (χ0n) is 14.8. The molecule has 0 radical (unpaired) electrons. The number of likely N-dealkylation sites (N-methyl/N-ethyl adjacent to an activating group) is 1. The van der Waals surface area contributed by atoms with E-state index >= 15 is 0 Å². The van der Waals surface area contributed by atoms with Crippen molar-refractivity contribution in [2.45, 2.75) is 12.2 Å². The Morgan fingerprint density at radius 2 is 2.00 bits per heavy atom. The molecule has 150 valence electrons. The number of nitro groups is 1. The smallest absolute Gasteiger partial charge is 0.360 e. The van der Waals surface area contributed by atoms with E-state index in [1.165, 1.54) is 35.0 Å². The SMILES string of the molecule is CN(CC(=O)NCC(N1CCNCC1)C(F)(F)F)c1ccccc1[N+](=O)[O-]. The number of anilines is 1. The molecule has 1 aliphatic rings. The van der Waals surface area contributed by atoms with Crippen LogP contribution in [0.2, 0.25) is 0 Å². The molecule has 1 fully saturated rings. The lowest BCUT2D eigenvalue weighted by Crippen LogP contribution is -2.58. The largest absolute Gasteiger partial charge is 0.405 e.